The molecule has 1 atom stereocenters. The van der Waals surface area contributed by atoms with Crippen LogP contribution in [0, 0.1) is 5.82 Å². The molecular weight excluding hydrogens is 301 g/mol. The number of rotatable bonds is 3. The minimum Gasteiger partial charge on any atom is -0.398 e. The average Bonchev–Trinajstić information content (AvgIpc) is 2.40. The fourth-order valence-electron chi connectivity index (χ4n) is 2.14. The zero-order valence-corrected chi connectivity index (χ0v) is 12.0. The normalized spacial score (nSPS) is 20.4. The Hall–Kier alpha value is -2.00. The van der Waals surface area contributed by atoms with Crippen LogP contribution in [0.25, 0.3) is 0 Å². The van der Waals surface area contributed by atoms with Crippen LogP contribution in [0.15, 0.2) is 23.1 Å². The second-order valence-electron chi connectivity index (χ2n) is 4.57. The van der Waals surface area contributed by atoms with Gasteiger partial charge in [-0.1, -0.05) is 6.92 Å². The van der Waals surface area contributed by atoms with E-state index >= 15 is 0 Å². The second-order valence-corrected chi connectivity index (χ2v) is 6.43. The van der Waals surface area contributed by atoms with Gasteiger partial charge in [0.1, 0.15) is 16.8 Å². The molecule has 0 spiro atoms. The molecule has 7 nitrogen and oxygen atoms in total. The van der Waals surface area contributed by atoms with Gasteiger partial charge in [-0.15, -0.1) is 0 Å². The fraction of sp³-hybridized carbons (Fsp3) is 0.333. The molecule has 21 heavy (non-hydrogen) atoms. The highest BCUT2D eigenvalue weighted by Crippen LogP contribution is 2.26. The van der Waals surface area contributed by atoms with Crippen LogP contribution < -0.4 is 11.1 Å². The van der Waals surface area contributed by atoms with Crippen LogP contribution >= 0.6 is 0 Å². The number of nitrogens with one attached hydrogen (secondary N) is 1. The summed E-state index contributed by atoms with van der Waals surface area (Å²) in [5.41, 5.74) is 5.43. The molecule has 1 fully saturated rings. The van der Waals surface area contributed by atoms with E-state index in [1.54, 1.807) is 6.92 Å². The Balaban J connectivity index is 2.53. The molecule has 1 aromatic carbocycles. The van der Waals surface area contributed by atoms with Crippen molar-refractivity contribution in [2.45, 2.75) is 24.3 Å². The summed E-state index contributed by atoms with van der Waals surface area (Å²) in [7, 11) is -4.26. The molecule has 1 saturated heterocycles. The highest BCUT2D eigenvalue weighted by Gasteiger charge is 2.41. The molecule has 1 unspecified atom stereocenters. The maximum atomic E-state index is 13.3. The molecule has 2 rings (SSSR count). The molecule has 114 valence electrons. The number of hydrogen-bond acceptors (Lipinski definition) is 5. The number of nitrogen functional groups attached to an aromatic ring is 1. The third-order valence-electron chi connectivity index (χ3n) is 3.16. The first kappa shape index (κ1) is 15.4. The van der Waals surface area contributed by atoms with Gasteiger partial charge in [0.05, 0.1) is 12.2 Å². The molecule has 1 aromatic rings. The van der Waals surface area contributed by atoms with Crippen molar-refractivity contribution in [3.8, 4) is 0 Å². The zero-order chi connectivity index (χ0) is 15.8. The summed E-state index contributed by atoms with van der Waals surface area (Å²) in [5, 5.41) is 2.07. The lowest BCUT2D eigenvalue weighted by Gasteiger charge is -2.32. The van der Waals surface area contributed by atoms with Crippen molar-refractivity contribution in [3.05, 3.63) is 24.0 Å². The van der Waals surface area contributed by atoms with Crippen LogP contribution in [0.4, 0.5) is 10.1 Å². The lowest BCUT2D eigenvalue weighted by Crippen LogP contribution is -2.59. The number of piperazine rings is 1. The Labute approximate surface area is 121 Å². The zero-order valence-electron chi connectivity index (χ0n) is 11.2. The van der Waals surface area contributed by atoms with E-state index in [4.69, 9.17) is 5.73 Å². The molecule has 0 saturated carbocycles. The van der Waals surface area contributed by atoms with Gasteiger partial charge in [0, 0.05) is 0 Å². The number of nitrogens with two attached hydrogens (primary N) is 1. The number of amides is 2. The van der Waals surface area contributed by atoms with Crippen molar-refractivity contribution < 1.29 is 22.4 Å². The van der Waals surface area contributed by atoms with Gasteiger partial charge in [0.2, 0.25) is 21.8 Å². The number of benzene rings is 1. The first-order valence-corrected chi connectivity index (χ1v) is 7.62. The number of halogens is 1. The maximum absolute atomic E-state index is 13.3. The molecule has 3 N–H and O–H groups in total. The van der Waals surface area contributed by atoms with E-state index in [9.17, 15) is 22.4 Å². The van der Waals surface area contributed by atoms with Gasteiger partial charge in [-0.2, -0.15) is 4.31 Å². The third-order valence-corrected chi connectivity index (χ3v) is 5.07. The summed E-state index contributed by atoms with van der Waals surface area (Å²) in [6.45, 7) is 1.10. The molecule has 1 aliphatic rings. The highest BCUT2D eigenvalue weighted by atomic mass is 32.2. The Morgan fingerprint density at radius 1 is 1.43 bits per heavy atom. The lowest BCUT2D eigenvalue weighted by molar-refractivity contribution is -0.137. The quantitative estimate of drug-likeness (QED) is 0.594. The van der Waals surface area contributed by atoms with Gasteiger partial charge < -0.3 is 5.73 Å². The summed E-state index contributed by atoms with van der Waals surface area (Å²) >= 11 is 0. The van der Waals surface area contributed by atoms with Crippen LogP contribution in [0.5, 0.6) is 0 Å². The molecule has 9 heteroatoms. The Morgan fingerprint density at radius 2 is 2.10 bits per heavy atom. The predicted octanol–water partition coefficient (Wildman–Crippen LogP) is -0.166. The van der Waals surface area contributed by atoms with Crippen molar-refractivity contribution in [2.75, 3.05) is 12.3 Å². The number of imide groups is 1. The minimum absolute atomic E-state index is 0.148. The van der Waals surface area contributed by atoms with E-state index in [-0.39, 0.29) is 12.1 Å². The average molecular weight is 315 g/mol. The van der Waals surface area contributed by atoms with Crippen molar-refractivity contribution >= 4 is 27.5 Å². The first-order valence-electron chi connectivity index (χ1n) is 6.18. The Morgan fingerprint density at radius 3 is 2.71 bits per heavy atom. The number of carbonyl (C=O) groups is 2. The Bertz CT molecular complexity index is 704. The monoisotopic (exact) mass is 315 g/mol. The summed E-state index contributed by atoms with van der Waals surface area (Å²) < 4.78 is 39.2. The van der Waals surface area contributed by atoms with Crippen LogP contribution in [0.3, 0.4) is 0 Å². The van der Waals surface area contributed by atoms with Crippen LogP contribution in [-0.2, 0) is 19.6 Å². The van der Waals surface area contributed by atoms with E-state index < -0.39 is 45.1 Å². The largest absolute Gasteiger partial charge is 0.398 e. The fourth-order valence-corrected chi connectivity index (χ4v) is 3.89. The minimum atomic E-state index is -4.26. The van der Waals surface area contributed by atoms with Crippen molar-refractivity contribution in [1.82, 2.24) is 9.62 Å². The van der Waals surface area contributed by atoms with Crippen LogP contribution in [0.2, 0.25) is 0 Å². The summed E-state index contributed by atoms with van der Waals surface area (Å²) in [6.07, 6.45) is 0.174. The van der Waals surface area contributed by atoms with Gasteiger partial charge >= 0.3 is 0 Å². The van der Waals surface area contributed by atoms with E-state index in [0.717, 1.165) is 22.5 Å². The summed E-state index contributed by atoms with van der Waals surface area (Å²) in [5.74, 6) is -2.21. The number of hydrogen-bond donors (Lipinski definition) is 2. The van der Waals surface area contributed by atoms with Crippen LogP contribution in [0.1, 0.15) is 13.3 Å². The van der Waals surface area contributed by atoms with E-state index in [1.807, 2.05) is 0 Å². The van der Waals surface area contributed by atoms with E-state index in [2.05, 4.69) is 5.32 Å². The van der Waals surface area contributed by atoms with Crippen molar-refractivity contribution in [3.63, 3.8) is 0 Å². The second kappa shape index (κ2) is 5.41. The van der Waals surface area contributed by atoms with E-state index in [0.29, 0.717) is 0 Å². The molecule has 0 aliphatic carbocycles. The van der Waals surface area contributed by atoms with Gasteiger partial charge in [0.15, 0.2) is 0 Å². The van der Waals surface area contributed by atoms with Gasteiger partial charge in [0.25, 0.3) is 0 Å². The number of nitrogens with zero attached hydrogens (tertiary/aromatic N) is 1. The standard InChI is InChI=1S/C12H14FN3O4S/c1-2-9-12(18)15-11(17)6-16(9)21(19,20)10-5-7(13)3-4-8(10)14/h3-5,9H,2,6,14H2,1H3,(H,15,17,18). The van der Waals surface area contributed by atoms with Gasteiger partial charge in [-0.05, 0) is 24.6 Å². The predicted molar refractivity (Wildman–Crippen MR) is 71.9 cm³/mol. The molecule has 0 radical (unpaired) electrons. The molecule has 2 amide bonds. The topological polar surface area (TPSA) is 110 Å². The number of anilines is 1. The maximum Gasteiger partial charge on any atom is 0.246 e. The Kier molecular flexibility index (Phi) is 3.97. The SMILES string of the molecule is CCC1C(=O)NC(=O)CN1S(=O)(=O)c1cc(F)ccc1N. The summed E-state index contributed by atoms with van der Waals surface area (Å²) in [4.78, 5) is 22.7. The number of sulfonamides is 1. The van der Waals surface area contributed by atoms with E-state index in [1.165, 1.54) is 0 Å². The lowest BCUT2D eigenvalue weighted by atomic mass is 10.2. The van der Waals surface area contributed by atoms with Crippen LogP contribution in [-0.4, -0.2) is 37.1 Å². The number of carbonyl (C=O) groups excluding carboxylic acids is 2. The molecule has 1 heterocycles. The first-order chi connectivity index (χ1) is 9.77. The highest BCUT2D eigenvalue weighted by molar-refractivity contribution is 7.89. The van der Waals surface area contributed by atoms with Crippen molar-refractivity contribution in [1.29, 1.82) is 0 Å². The van der Waals surface area contributed by atoms with Crippen molar-refractivity contribution in [2.24, 2.45) is 0 Å². The molecule has 0 bridgehead atoms. The summed E-state index contributed by atoms with van der Waals surface area (Å²) in [6, 6.07) is 1.89. The van der Waals surface area contributed by atoms with Gasteiger partial charge in [-0.3, -0.25) is 14.9 Å². The molecule has 0 aromatic heterocycles. The smallest absolute Gasteiger partial charge is 0.246 e. The molecule has 1 aliphatic heterocycles. The van der Waals surface area contributed by atoms with Gasteiger partial charge in [-0.25, -0.2) is 12.8 Å². The molecular formula is C12H14FN3O4S. The third kappa shape index (κ3) is 2.74.